The lowest BCUT2D eigenvalue weighted by molar-refractivity contribution is -0.124. The second-order valence-electron chi connectivity index (χ2n) is 6.28. The van der Waals surface area contributed by atoms with Crippen molar-refractivity contribution < 1.29 is 32.2 Å². The number of hydrogen-bond donors (Lipinski definition) is 1. The summed E-state index contributed by atoms with van der Waals surface area (Å²) in [6, 6.07) is 13.0. The molecule has 0 radical (unpaired) electrons. The summed E-state index contributed by atoms with van der Waals surface area (Å²) >= 11 is 0. The van der Waals surface area contributed by atoms with Gasteiger partial charge in [-0.25, -0.2) is 13.2 Å². The van der Waals surface area contributed by atoms with Gasteiger partial charge in [0.1, 0.15) is 12.7 Å². The van der Waals surface area contributed by atoms with Crippen LogP contribution in [0.5, 0.6) is 11.5 Å². The van der Waals surface area contributed by atoms with Crippen LogP contribution in [0.1, 0.15) is 17.3 Å². The molecule has 2 aromatic rings. The molecule has 0 saturated carbocycles. The number of ether oxygens (including phenoxy) is 3. The minimum atomic E-state index is -3.59. The van der Waals surface area contributed by atoms with Gasteiger partial charge in [-0.15, -0.1) is 0 Å². The van der Waals surface area contributed by atoms with Crippen molar-refractivity contribution in [2.24, 2.45) is 0 Å². The first-order valence-electron chi connectivity index (χ1n) is 9.05. The van der Waals surface area contributed by atoms with Gasteiger partial charge in [0.15, 0.2) is 27.9 Å². The first-order valence-corrected chi connectivity index (χ1v) is 10.7. The maximum absolute atomic E-state index is 12.3. The molecular weight excluding hydrogens is 398 g/mol. The molecule has 29 heavy (non-hydrogen) atoms. The predicted molar refractivity (Wildman–Crippen MR) is 104 cm³/mol. The van der Waals surface area contributed by atoms with Crippen molar-refractivity contribution >= 4 is 21.7 Å². The SMILES string of the molecule is CCS(=O)(=O)c1ccccc1C(=O)OCC(=O)NC[C@@H]1COc2ccccc2O1. The summed E-state index contributed by atoms with van der Waals surface area (Å²) in [5, 5.41) is 2.61. The van der Waals surface area contributed by atoms with E-state index in [2.05, 4.69) is 5.32 Å². The lowest BCUT2D eigenvalue weighted by Gasteiger charge is -2.26. The van der Waals surface area contributed by atoms with Crippen molar-refractivity contribution in [3.8, 4) is 11.5 Å². The van der Waals surface area contributed by atoms with Crippen LogP contribution < -0.4 is 14.8 Å². The van der Waals surface area contributed by atoms with Crippen LogP contribution in [-0.2, 0) is 19.4 Å². The van der Waals surface area contributed by atoms with Gasteiger partial charge in [0, 0.05) is 0 Å². The zero-order valence-electron chi connectivity index (χ0n) is 15.8. The quantitative estimate of drug-likeness (QED) is 0.679. The number of amides is 1. The molecule has 1 amide bonds. The first kappa shape index (κ1) is 20.7. The van der Waals surface area contributed by atoms with E-state index in [0.717, 1.165) is 0 Å². The molecule has 8 nitrogen and oxygen atoms in total. The summed E-state index contributed by atoms with van der Waals surface area (Å²) in [6.07, 6.45) is -0.375. The molecule has 1 atom stereocenters. The minimum Gasteiger partial charge on any atom is -0.486 e. The topological polar surface area (TPSA) is 108 Å². The van der Waals surface area contributed by atoms with E-state index in [0.29, 0.717) is 11.5 Å². The van der Waals surface area contributed by atoms with Crippen LogP contribution in [-0.4, -0.2) is 51.9 Å². The molecule has 1 heterocycles. The normalized spacial score (nSPS) is 15.4. The van der Waals surface area contributed by atoms with Gasteiger partial charge >= 0.3 is 5.97 Å². The Kier molecular flexibility index (Phi) is 6.38. The molecule has 1 aliphatic rings. The third-order valence-corrected chi connectivity index (χ3v) is 6.04. The van der Waals surface area contributed by atoms with Crippen LogP contribution in [0.4, 0.5) is 0 Å². The average molecular weight is 419 g/mol. The summed E-state index contributed by atoms with van der Waals surface area (Å²) in [5.41, 5.74) is -0.0947. The number of fused-ring (bicyclic) bond motifs is 1. The Labute approximate surface area is 168 Å². The number of hydrogen-bond acceptors (Lipinski definition) is 7. The van der Waals surface area contributed by atoms with E-state index >= 15 is 0 Å². The lowest BCUT2D eigenvalue weighted by atomic mass is 10.2. The van der Waals surface area contributed by atoms with Crippen LogP contribution in [0.2, 0.25) is 0 Å². The van der Waals surface area contributed by atoms with Gasteiger partial charge in [-0.3, -0.25) is 4.79 Å². The fraction of sp³-hybridized carbons (Fsp3) is 0.300. The van der Waals surface area contributed by atoms with Gasteiger partial charge in [0.25, 0.3) is 5.91 Å². The standard InChI is InChI=1S/C20H21NO7S/c1-2-29(24,25)18-10-6-3-7-15(18)20(23)27-13-19(22)21-11-14-12-26-16-8-4-5-9-17(16)28-14/h3-10,14H,2,11-13H2,1H3,(H,21,22)/t14-/m1/s1. The number of benzene rings is 2. The Morgan fingerprint density at radius 1 is 1.10 bits per heavy atom. The summed E-state index contributed by atoms with van der Waals surface area (Å²) in [7, 11) is -3.59. The largest absolute Gasteiger partial charge is 0.486 e. The molecule has 9 heteroatoms. The lowest BCUT2D eigenvalue weighted by Crippen LogP contribution is -2.42. The van der Waals surface area contributed by atoms with Crippen molar-refractivity contribution in [3.05, 3.63) is 54.1 Å². The molecule has 0 unspecified atom stereocenters. The van der Waals surface area contributed by atoms with E-state index < -0.39 is 28.3 Å². The molecule has 0 aromatic heterocycles. The number of esters is 1. The average Bonchev–Trinajstić information content (AvgIpc) is 2.75. The number of sulfone groups is 1. The van der Waals surface area contributed by atoms with E-state index in [4.69, 9.17) is 14.2 Å². The van der Waals surface area contributed by atoms with Gasteiger partial charge in [-0.05, 0) is 24.3 Å². The highest BCUT2D eigenvalue weighted by molar-refractivity contribution is 7.91. The van der Waals surface area contributed by atoms with Gasteiger partial charge < -0.3 is 19.5 Å². The predicted octanol–water partition coefficient (Wildman–Crippen LogP) is 1.59. The summed E-state index contributed by atoms with van der Waals surface area (Å²) in [6.45, 7) is 1.40. The molecule has 0 aliphatic carbocycles. The third-order valence-electron chi connectivity index (χ3n) is 4.25. The minimum absolute atomic E-state index is 0.0947. The van der Waals surface area contributed by atoms with Crippen LogP contribution in [0, 0.1) is 0 Å². The molecule has 0 saturated heterocycles. The second-order valence-corrected chi connectivity index (χ2v) is 8.52. The Balaban J connectivity index is 1.51. The van der Waals surface area contributed by atoms with Gasteiger partial charge in [-0.1, -0.05) is 31.2 Å². The number of para-hydroxylation sites is 2. The monoisotopic (exact) mass is 419 g/mol. The molecule has 0 bridgehead atoms. The van der Waals surface area contributed by atoms with Gasteiger partial charge in [-0.2, -0.15) is 0 Å². The van der Waals surface area contributed by atoms with Crippen LogP contribution in [0.25, 0.3) is 0 Å². The summed E-state index contributed by atoms with van der Waals surface area (Å²) in [4.78, 5) is 24.2. The van der Waals surface area contributed by atoms with Crippen molar-refractivity contribution in [2.75, 3.05) is 25.5 Å². The Morgan fingerprint density at radius 2 is 1.79 bits per heavy atom. The Bertz CT molecular complexity index is 1000. The number of rotatable bonds is 7. The van der Waals surface area contributed by atoms with E-state index in [-0.39, 0.29) is 35.5 Å². The fourth-order valence-electron chi connectivity index (χ4n) is 2.71. The van der Waals surface area contributed by atoms with Crippen molar-refractivity contribution in [1.29, 1.82) is 0 Å². The molecular formula is C20H21NO7S. The first-order chi connectivity index (χ1) is 13.9. The van der Waals surface area contributed by atoms with Gasteiger partial charge in [0.2, 0.25) is 0 Å². The molecule has 3 rings (SSSR count). The summed E-state index contributed by atoms with van der Waals surface area (Å²) in [5.74, 6) is -0.317. The fourth-order valence-corrected chi connectivity index (χ4v) is 3.80. The van der Waals surface area contributed by atoms with Crippen molar-refractivity contribution in [1.82, 2.24) is 5.32 Å². The molecule has 2 aromatic carbocycles. The van der Waals surface area contributed by atoms with E-state index in [9.17, 15) is 18.0 Å². The highest BCUT2D eigenvalue weighted by atomic mass is 32.2. The zero-order chi connectivity index (χ0) is 20.9. The highest BCUT2D eigenvalue weighted by Gasteiger charge is 2.23. The number of carbonyl (C=O) groups excluding carboxylic acids is 2. The summed E-state index contributed by atoms with van der Waals surface area (Å²) < 4.78 is 40.5. The van der Waals surface area contributed by atoms with Crippen LogP contribution >= 0.6 is 0 Å². The third kappa shape index (κ3) is 5.05. The van der Waals surface area contributed by atoms with E-state index in [1.165, 1.54) is 31.2 Å². The maximum Gasteiger partial charge on any atom is 0.339 e. The van der Waals surface area contributed by atoms with Crippen LogP contribution in [0.15, 0.2) is 53.4 Å². The molecule has 1 aliphatic heterocycles. The van der Waals surface area contributed by atoms with Gasteiger partial charge in [0.05, 0.1) is 22.8 Å². The van der Waals surface area contributed by atoms with E-state index in [1.807, 2.05) is 12.1 Å². The molecule has 0 fully saturated rings. The van der Waals surface area contributed by atoms with Crippen molar-refractivity contribution in [2.45, 2.75) is 17.9 Å². The maximum atomic E-state index is 12.3. The Morgan fingerprint density at radius 3 is 2.55 bits per heavy atom. The second kappa shape index (κ2) is 8.95. The molecule has 154 valence electrons. The molecule has 0 spiro atoms. The Hall–Kier alpha value is -3.07. The smallest absolute Gasteiger partial charge is 0.339 e. The number of carbonyl (C=O) groups is 2. The van der Waals surface area contributed by atoms with Crippen molar-refractivity contribution in [3.63, 3.8) is 0 Å². The molecule has 1 N–H and O–H groups in total. The number of nitrogens with one attached hydrogen (secondary N) is 1. The van der Waals surface area contributed by atoms with E-state index in [1.54, 1.807) is 12.1 Å². The zero-order valence-corrected chi connectivity index (χ0v) is 16.6. The highest BCUT2D eigenvalue weighted by Crippen LogP contribution is 2.30. The van der Waals surface area contributed by atoms with Crippen LogP contribution in [0.3, 0.4) is 0 Å².